The van der Waals surface area contributed by atoms with Crippen molar-refractivity contribution in [3.05, 3.63) is 18.0 Å². The lowest BCUT2D eigenvalue weighted by Gasteiger charge is -1.93. The second-order valence-corrected chi connectivity index (χ2v) is 3.18. The van der Waals surface area contributed by atoms with E-state index in [1.807, 2.05) is 19.3 Å². The topological polar surface area (TPSA) is 44.1 Å². The minimum atomic E-state index is -1.21. The van der Waals surface area contributed by atoms with Gasteiger partial charge in [-0.05, 0) is 6.07 Å². The van der Waals surface area contributed by atoms with Crippen LogP contribution in [0.5, 0.6) is 0 Å². The maximum absolute atomic E-state index is 10.5. The van der Waals surface area contributed by atoms with Crippen molar-refractivity contribution in [2.45, 2.75) is 6.61 Å². The van der Waals surface area contributed by atoms with Gasteiger partial charge in [-0.1, -0.05) is 0 Å². The molecule has 4 nitrogen and oxygen atoms in total. The van der Waals surface area contributed by atoms with E-state index in [-0.39, 0.29) is 0 Å². The third-order valence-electron chi connectivity index (χ3n) is 1.14. The summed E-state index contributed by atoms with van der Waals surface area (Å²) in [6, 6.07) is 1.83. The average Bonchev–Trinajstić information content (AvgIpc) is 2.31. The minimum absolute atomic E-state index is 0.309. The Bertz CT molecular complexity index is 259. The Balaban J connectivity index is 2.45. The van der Waals surface area contributed by atoms with Crippen molar-refractivity contribution >= 4 is 11.1 Å². The van der Waals surface area contributed by atoms with Crippen molar-refractivity contribution < 1.29 is 8.39 Å². The van der Waals surface area contributed by atoms with Crippen LogP contribution in [0, 0.1) is 0 Å². The number of nitrogens with zero attached hydrogens (tertiary/aromatic N) is 2. The molecule has 1 unspecified atom stereocenters. The van der Waals surface area contributed by atoms with Crippen LogP contribution in [0.3, 0.4) is 0 Å². The number of aryl methyl sites for hydroxylation is 1. The molecule has 0 saturated heterocycles. The van der Waals surface area contributed by atoms with E-state index in [0.29, 0.717) is 6.61 Å². The molecule has 11 heavy (non-hydrogen) atoms. The van der Waals surface area contributed by atoms with Crippen LogP contribution in [0.15, 0.2) is 12.3 Å². The Morgan fingerprint density at radius 2 is 2.55 bits per heavy atom. The molecule has 0 radical (unpaired) electrons. The van der Waals surface area contributed by atoms with Gasteiger partial charge in [-0.15, -0.1) is 0 Å². The van der Waals surface area contributed by atoms with Gasteiger partial charge in [0.2, 0.25) is 0 Å². The molecule has 1 aromatic rings. The first-order valence-electron chi connectivity index (χ1n) is 3.13. The SMILES string of the molecule is Cn1ccc(COS(C)=O)n1. The summed E-state index contributed by atoms with van der Waals surface area (Å²) in [6.45, 7) is 0.309. The number of hydrogen-bond donors (Lipinski definition) is 0. The van der Waals surface area contributed by atoms with E-state index >= 15 is 0 Å². The van der Waals surface area contributed by atoms with Crippen molar-refractivity contribution in [3.8, 4) is 0 Å². The maximum Gasteiger partial charge on any atom is 0.152 e. The van der Waals surface area contributed by atoms with Gasteiger partial charge >= 0.3 is 0 Å². The van der Waals surface area contributed by atoms with Gasteiger partial charge in [-0.2, -0.15) is 5.10 Å². The largest absolute Gasteiger partial charge is 0.284 e. The molecule has 0 aliphatic heterocycles. The molecule has 1 heterocycles. The van der Waals surface area contributed by atoms with Crippen molar-refractivity contribution in [2.24, 2.45) is 7.05 Å². The first-order chi connectivity index (χ1) is 5.18. The van der Waals surface area contributed by atoms with E-state index in [1.165, 1.54) is 6.26 Å². The van der Waals surface area contributed by atoms with Gasteiger partial charge in [0.25, 0.3) is 0 Å². The zero-order chi connectivity index (χ0) is 8.27. The molecule has 1 rings (SSSR count). The molecular weight excluding hydrogens is 164 g/mol. The van der Waals surface area contributed by atoms with Gasteiger partial charge < -0.3 is 0 Å². The minimum Gasteiger partial charge on any atom is -0.284 e. The van der Waals surface area contributed by atoms with Crippen LogP contribution in [0.1, 0.15) is 5.69 Å². The summed E-state index contributed by atoms with van der Waals surface area (Å²) in [7, 11) is 1.83. The molecule has 0 aliphatic rings. The lowest BCUT2D eigenvalue weighted by Crippen LogP contribution is -1.97. The predicted octanol–water partition coefficient (Wildman–Crippen LogP) is 0.230. The van der Waals surface area contributed by atoms with E-state index < -0.39 is 11.1 Å². The Labute approximate surface area is 67.8 Å². The van der Waals surface area contributed by atoms with Gasteiger partial charge in [0.15, 0.2) is 11.1 Å². The molecule has 5 heteroatoms. The Morgan fingerprint density at radius 1 is 1.82 bits per heavy atom. The quantitative estimate of drug-likeness (QED) is 0.659. The third kappa shape index (κ3) is 2.81. The molecule has 0 N–H and O–H groups in total. The molecule has 1 atom stereocenters. The number of aromatic nitrogens is 2. The van der Waals surface area contributed by atoms with Crippen molar-refractivity contribution in [2.75, 3.05) is 6.26 Å². The lowest BCUT2D eigenvalue weighted by atomic mass is 10.5. The fourth-order valence-electron chi connectivity index (χ4n) is 0.684. The van der Waals surface area contributed by atoms with Crippen LogP contribution >= 0.6 is 0 Å². The molecule has 0 aromatic carbocycles. The third-order valence-corrected chi connectivity index (χ3v) is 1.59. The van der Waals surface area contributed by atoms with Crippen LogP contribution in [-0.2, 0) is 28.9 Å². The molecule has 62 valence electrons. The molecule has 0 bridgehead atoms. The first kappa shape index (κ1) is 8.42. The standard InChI is InChI=1S/C6H10N2O2S/c1-8-4-3-6(7-8)5-10-11(2)9/h3-4H,5H2,1-2H3. The Morgan fingerprint density at radius 3 is 3.00 bits per heavy atom. The van der Waals surface area contributed by atoms with E-state index in [4.69, 9.17) is 4.18 Å². The summed E-state index contributed by atoms with van der Waals surface area (Å²) >= 11 is -1.21. The number of hydrogen-bond acceptors (Lipinski definition) is 3. The smallest absolute Gasteiger partial charge is 0.152 e. The normalized spacial score (nSPS) is 13.3. The zero-order valence-corrected chi connectivity index (χ0v) is 7.30. The first-order valence-corrected chi connectivity index (χ1v) is 4.62. The highest BCUT2D eigenvalue weighted by molar-refractivity contribution is 7.79. The average molecular weight is 174 g/mol. The van der Waals surface area contributed by atoms with Crippen LogP contribution in [-0.4, -0.2) is 20.2 Å². The van der Waals surface area contributed by atoms with Gasteiger partial charge in [-0.25, -0.2) is 4.21 Å². The van der Waals surface area contributed by atoms with E-state index in [2.05, 4.69) is 5.10 Å². The van der Waals surface area contributed by atoms with E-state index in [0.717, 1.165) is 5.69 Å². The van der Waals surface area contributed by atoms with Gasteiger partial charge in [0.05, 0.1) is 5.69 Å². The van der Waals surface area contributed by atoms with Crippen LogP contribution < -0.4 is 0 Å². The summed E-state index contributed by atoms with van der Waals surface area (Å²) < 4.78 is 17.0. The highest BCUT2D eigenvalue weighted by atomic mass is 32.2. The number of rotatable bonds is 3. The summed E-state index contributed by atoms with van der Waals surface area (Å²) in [5, 5.41) is 4.04. The Hall–Kier alpha value is -0.680. The predicted molar refractivity (Wildman–Crippen MR) is 42.1 cm³/mol. The summed E-state index contributed by atoms with van der Waals surface area (Å²) in [6.07, 6.45) is 3.31. The lowest BCUT2D eigenvalue weighted by molar-refractivity contribution is 0.333. The molecule has 0 fully saturated rings. The van der Waals surface area contributed by atoms with Gasteiger partial charge in [0, 0.05) is 19.5 Å². The molecule has 1 aromatic heterocycles. The van der Waals surface area contributed by atoms with Crippen molar-refractivity contribution in [3.63, 3.8) is 0 Å². The maximum atomic E-state index is 10.5. The summed E-state index contributed by atoms with van der Waals surface area (Å²) in [5.41, 5.74) is 0.794. The zero-order valence-electron chi connectivity index (χ0n) is 6.48. The van der Waals surface area contributed by atoms with Crippen LogP contribution in [0.4, 0.5) is 0 Å². The fraction of sp³-hybridized carbons (Fsp3) is 0.500. The molecule has 0 saturated carbocycles. The van der Waals surface area contributed by atoms with Gasteiger partial charge in [-0.3, -0.25) is 8.86 Å². The second kappa shape index (κ2) is 3.64. The highest BCUT2D eigenvalue weighted by Crippen LogP contribution is 1.97. The highest BCUT2D eigenvalue weighted by Gasteiger charge is 1.97. The molecule has 0 spiro atoms. The van der Waals surface area contributed by atoms with Crippen LogP contribution in [0.2, 0.25) is 0 Å². The summed E-state index contributed by atoms with van der Waals surface area (Å²) in [4.78, 5) is 0. The van der Waals surface area contributed by atoms with Gasteiger partial charge in [0.1, 0.15) is 6.61 Å². The van der Waals surface area contributed by atoms with E-state index in [1.54, 1.807) is 4.68 Å². The van der Waals surface area contributed by atoms with Crippen LogP contribution in [0.25, 0.3) is 0 Å². The second-order valence-electron chi connectivity index (χ2n) is 2.14. The molecule has 0 aliphatic carbocycles. The Kier molecular flexibility index (Phi) is 2.78. The fourth-order valence-corrected chi connectivity index (χ4v) is 0.970. The van der Waals surface area contributed by atoms with E-state index in [9.17, 15) is 4.21 Å². The van der Waals surface area contributed by atoms with Crippen molar-refractivity contribution in [1.29, 1.82) is 0 Å². The monoisotopic (exact) mass is 174 g/mol. The summed E-state index contributed by atoms with van der Waals surface area (Å²) in [5.74, 6) is 0. The molecule has 0 amide bonds. The molecular formula is C6H10N2O2S. The van der Waals surface area contributed by atoms with Crippen molar-refractivity contribution in [1.82, 2.24) is 9.78 Å².